The van der Waals surface area contributed by atoms with E-state index in [2.05, 4.69) is 58.6 Å². The minimum atomic E-state index is 0.635. The third-order valence-electron chi connectivity index (χ3n) is 4.19. The van der Waals surface area contributed by atoms with Crippen molar-refractivity contribution in [2.75, 3.05) is 33.2 Å². The third kappa shape index (κ3) is 5.68. The van der Waals surface area contributed by atoms with Gasteiger partial charge in [-0.3, -0.25) is 4.99 Å². The van der Waals surface area contributed by atoms with Crippen LogP contribution >= 0.6 is 0 Å². The number of nitrogens with zero attached hydrogens (tertiary/aromatic N) is 2. The van der Waals surface area contributed by atoms with E-state index in [0.29, 0.717) is 5.92 Å². The molecule has 4 heteroatoms. The van der Waals surface area contributed by atoms with Crippen LogP contribution < -0.4 is 10.6 Å². The van der Waals surface area contributed by atoms with Crippen molar-refractivity contribution < 1.29 is 0 Å². The second kappa shape index (κ2) is 8.79. The highest BCUT2D eigenvalue weighted by molar-refractivity contribution is 5.79. The Morgan fingerprint density at radius 1 is 1.18 bits per heavy atom. The quantitative estimate of drug-likeness (QED) is 0.626. The standard InChI is InChI=1S/C18H30N4/c1-15-6-8-17(9-7-15)13-21-18(19-3)20-12-16(2)14-22-10-4-5-11-22/h6-9,16H,4-5,10-14H2,1-3H3,(H2,19,20,21). The summed E-state index contributed by atoms with van der Waals surface area (Å²) in [6.45, 7) is 9.90. The Labute approximate surface area is 135 Å². The third-order valence-corrected chi connectivity index (χ3v) is 4.19. The second-order valence-corrected chi connectivity index (χ2v) is 6.41. The average molecular weight is 302 g/mol. The van der Waals surface area contributed by atoms with Gasteiger partial charge in [0.05, 0.1) is 0 Å². The van der Waals surface area contributed by atoms with Crippen LogP contribution in [0.25, 0.3) is 0 Å². The molecule has 2 rings (SSSR count). The Balaban J connectivity index is 1.69. The maximum Gasteiger partial charge on any atom is 0.191 e. The summed E-state index contributed by atoms with van der Waals surface area (Å²) in [5.41, 5.74) is 2.57. The lowest BCUT2D eigenvalue weighted by Crippen LogP contribution is -2.41. The van der Waals surface area contributed by atoms with Gasteiger partial charge in [0.25, 0.3) is 0 Å². The molecule has 1 aliphatic rings. The van der Waals surface area contributed by atoms with Gasteiger partial charge in [-0.15, -0.1) is 0 Å². The molecule has 1 aliphatic heterocycles. The van der Waals surface area contributed by atoms with Gasteiger partial charge in [0.1, 0.15) is 0 Å². The van der Waals surface area contributed by atoms with Crippen LogP contribution in [0.5, 0.6) is 0 Å². The minimum absolute atomic E-state index is 0.635. The molecule has 4 nitrogen and oxygen atoms in total. The largest absolute Gasteiger partial charge is 0.356 e. The van der Waals surface area contributed by atoms with E-state index in [1.165, 1.54) is 43.6 Å². The van der Waals surface area contributed by atoms with E-state index < -0.39 is 0 Å². The number of guanidine groups is 1. The van der Waals surface area contributed by atoms with Gasteiger partial charge in [-0.2, -0.15) is 0 Å². The second-order valence-electron chi connectivity index (χ2n) is 6.41. The number of likely N-dealkylation sites (tertiary alicyclic amines) is 1. The zero-order valence-electron chi connectivity index (χ0n) is 14.2. The molecule has 0 saturated carbocycles. The Hall–Kier alpha value is -1.55. The van der Waals surface area contributed by atoms with E-state index in [1.54, 1.807) is 0 Å². The topological polar surface area (TPSA) is 39.7 Å². The molecule has 1 unspecified atom stereocenters. The summed E-state index contributed by atoms with van der Waals surface area (Å²) in [5.74, 6) is 1.52. The van der Waals surface area contributed by atoms with Crippen LogP contribution in [-0.4, -0.2) is 44.1 Å². The highest BCUT2D eigenvalue weighted by atomic mass is 15.2. The van der Waals surface area contributed by atoms with Gasteiger partial charge >= 0.3 is 0 Å². The van der Waals surface area contributed by atoms with Crippen molar-refractivity contribution in [3.63, 3.8) is 0 Å². The van der Waals surface area contributed by atoms with Crippen LogP contribution in [0.2, 0.25) is 0 Å². The number of aliphatic imine (C=N–C) groups is 1. The lowest BCUT2D eigenvalue weighted by molar-refractivity contribution is 0.287. The Morgan fingerprint density at radius 3 is 2.50 bits per heavy atom. The van der Waals surface area contributed by atoms with Gasteiger partial charge in [0.2, 0.25) is 0 Å². The number of aryl methyl sites for hydroxylation is 1. The SMILES string of the molecule is CN=C(NCc1ccc(C)cc1)NCC(C)CN1CCCC1. The Kier molecular flexibility index (Phi) is 6.72. The highest BCUT2D eigenvalue weighted by Gasteiger charge is 2.14. The zero-order chi connectivity index (χ0) is 15.8. The number of benzene rings is 1. The van der Waals surface area contributed by atoms with Crippen molar-refractivity contribution in [1.29, 1.82) is 0 Å². The predicted octanol–water partition coefficient (Wildman–Crippen LogP) is 2.39. The fourth-order valence-corrected chi connectivity index (χ4v) is 2.85. The van der Waals surface area contributed by atoms with E-state index in [1.807, 2.05) is 7.05 Å². The van der Waals surface area contributed by atoms with E-state index in [4.69, 9.17) is 0 Å². The molecule has 1 aromatic carbocycles. The van der Waals surface area contributed by atoms with Crippen LogP contribution in [0.15, 0.2) is 29.3 Å². The monoisotopic (exact) mass is 302 g/mol. The van der Waals surface area contributed by atoms with Gasteiger partial charge in [-0.1, -0.05) is 36.8 Å². The first-order valence-corrected chi connectivity index (χ1v) is 8.40. The average Bonchev–Trinajstić information content (AvgIpc) is 3.02. The molecule has 0 spiro atoms. The molecule has 1 atom stereocenters. The minimum Gasteiger partial charge on any atom is -0.356 e. The van der Waals surface area contributed by atoms with Gasteiger partial charge in [0.15, 0.2) is 5.96 Å². The van der Waals surface area contributed by atoms with Gasteiger partial charge < -0.3 is 15.5 Å². The van der Waals surface area contributed by atoms with Crippen molar-refractivity contribution >= 4 is 5.96 Å². The molecule has 2 N–H and O–H groups in total. The number of rotatable bonds is 6. The van der Waals surface area contributed by atoms with Crippen molar-refractivity contribution in [3.8, 4) is 0 Å². The van der Waals surface area contributed by atoms with Gasteiger partial charge in [-0.25, -0.2) is 0 Å². The normalized spacial score (nSPS) is 17.5. The summed E-state index contributed by atoms with van der Waals surface area (Å²) >= 11 is 0. The van der Waals surface area contributed by atoms with Crippen molar-refractivity contribution in [1.82, 2.24) is 15.5 Å². The maximum absolute atomic E-state index is 4.31. The smallest absolute Gasteiger partial charge is 0.191 e. The summed E-state index contributed by atoms with van der Waals surface area (Å²) in [5, 5.41) is 6.82. The van der Waals surface area contributed by atoms with E-state index in [0.717, 1.165) is 19.0 Å². The summed E-state index contributed by atoms with van der Waals surface area (Å²) in [4.78, 5) is 6.87. The van der Waals surface area contributed by atoms with Crippen LogP contribution in [0.4, 0.5) is 0 Å². The molecule has 1 saturated heterocycles. The fourth-order valence-electron chi connectivity index (χ4n) is 2.85. The zero-order valence-corrected chi connectivity index (χ0v) is 14.2. The number of hydrogen-bond donors (Lipinski definition) is 2. The first-order valence-electron chi connectivity index (χ1n) is 8.40. The molecule has 1 fully saturated rings. The molecular weight excluding hydrogens is 272 g/mol. The number of hydrogen-bond acceptors (Lipinski definition) is 2. The molecule has 0 radical (unpaired) electrons. The Bertz CT molecular complexity index is 460. The van der Waals surface area contributed by atoms with Crippen molar-refractivity contribution in [3.05, 3.63) is 35.4 Å². The van der Waals surface area contributed by atoms with Crippen LogP contribution in [0.3, 0.4) is 0 Å². The van der Waals surface area contributed by atoms with E-state index >= 15 is 0 Å². The van der Waals surface area contributed by atoms with Gasteiger partial charge in [-0.05, 0) is 44.3 Å². The van der Waals surface area contributed by atoms with Crippen molar-refractivity contribution in [2.45, 2.75) is 33.2 Å². The molecular formula is C18H30N4. The summed E-state index contributed by atoms with van der Waals surface area (Å²) in [7, 11) is 1.83. The number of nitrogens with one attached hydrogen (secondary N) is 2. The molecule has 0 bridgehead atoms. The van der Waals surface area contributed by atoms with Crippen LogP contribution in [-0.2, 0) is 6.54 Å². The molecule has 1 aromatic rings. The van der Waals surface area contributed by atoms with Gasteiger partial charge in [0, 0.05) is 26.7 Å². The molecule has 122 valence electrons. The first-order chi connectivity index (χ1) is 10.7. The summed E-state index contributed by atoms with van der Waals surface area (Å²) < 4.78 is 0. The Morgan fingerprint density at radius 2 is 1.86 bits per heavy atom. The summed E-state index contributed by atoms with van der Waals surface area (Å²) in [6, 6.07) is 8.61. The van der Waals surface area contributed by atoms with E-state index in [-0.39, 0.29) is 0 Å². The molecule has 1 heterocycles. The van der Waals surface area contributed by atoms with Crippen LogP contribution in [0, 0.1) is 12.8 Å². The first kappa shape index (κ1) is 16.8. The predicted molar refractivity (Wildman–Crippen MR) is 94.2 cm³/mol. The highest BCUT2D eigenvalue weighted by Crippen LogP contribution is 2.09. The fraction of sp³-hybridized carbons (Fsp3) is 0.611. The van der Waals surface area contributed by atoms with Crippen LogP contribution in [0.1, 0.15) is 30.9 Å². The molecule has 0 aliphatic carbocycles. The maximum atomic E-state index is 4.31. The molecule has 0 amide bonds. The summed E-state index contributed by atoms with van der Waals surface area (Å²) in [6.07, 6.45) is 2.72. The molecule has 22 heavy (non-hydrogen) atoms. The lowest BCUT2D eigenvalue weighted by Gasteiger charge is -2.21. The van der Waals surface area contributed by atoms with Crippen molar-refractivity contribution in [2.24, 2.45) is 10.9 Å². The molecule has 0 aromatic heterocycles. The lowest BCUT2D eigenvalue weighted by atomic mass is 10.1. The van der Waals surface area contributed by atoms with E-state index in [9.17, 15) is 0 Å².